The van der Waals surface area contributed by atoms with E-state index >= 15 is 0 Å². The maximum atomic E-state index is 12.9. The van der Waals surface area contributed by atoms with Crippen LogP contribution < -0.4 is 4.90 Å². The topological polar surface area (TPSA) is 63.0 Å². The van der Waals surface area contributed by atoms with Crippen LogP contribution in [0.1, 0.15) is 26.3 Å². The minimum absolute atomic E-state index is 0.347. The lowest BCUT2D eigenvalue weighted by Gasteiger charge is -2.36. The Morgan fingerprint density at radius 2 is 1.69 bits per heavy atom. The summed E-state index contributed by atoms with van der Waals surface area (Å²) >= 11 is 0. The molecule has 0 radical (unpaired) electrons. The van der Waals surface area contributed by atoms with Crippen LogP contribution in [-0.4, -0.2) is 57.1 Å². The molecular weight excluding hydrogens is 423 g/mol. The van der Waals surface area contributed by atoms with Crippen molar-refractivity contribution in [2.45, 2.75) is 32.5 Å². The van der Waals surface area contributed by atoms with Crippen LogP contribution in [0.2, 0.25) is 0 Å². The number of ether oxygens (including phenoxy) is 1. The van der Waals surface area contributed by atoms with Crippen LogP contribution in [0.25, 0.3) is 16.9 Å². The molecule has 3 aromatic rings. The first-order chi connectivity index (χ1) is 15.0. The van der Waals surface area contributed by atoms with Crippen LogP contribution in [0.3, 0.4) is 0 Å². The van der Waals surface area contributed by atoms with Gasteiger partial charge in [0.25, 0.3) is 0 Å². The molecule has 1 aliphatic rings. The first-order valence-corrected chi connectivity index (χ1v) is 10.3. The van der Waals surface area contributed by atoms with E-state index in [1.807, 2.05) is 31.9 Å². The van der Waals surface area contributed by atoms with Crippen LogP contribution in [0.15, 0.2) is 42.9 Å². The van der Waals surface area contributed by atoms with E-state index in [4.69, 9.17) is 9.72 Å². The van der Waals surface area contributed by atoms with E-state index in [1.165, 1.54) is 12.1 Å². The number of imidazole rings is 1. The normalized spacial score (nSPS) is 15.3. The van der Waals surface area contributed by atoms with Crippen LogP contribution in [0.4, 0.5) is 23.8 Å². The van der Waals surface area contributed by atoms with Gasteiger partial charge in [-0.05, 0) is 32.9 Å². The second kappa shape index (κ2) is 7.99. The number of anilines is 1. The number of aromatic nitrogens is 3. The van der Waals surface area contributed by atoms with E-state index in [9.17, 15) is 18.0 Å². The van der Waals surface area contributed by atoms with Gasteiger partial charge in [0.05, 0.1) is 11.8 Å². The van der Waals surface area contributed by atoms with Crippen LogP contribution in [0.5, 0.6) is 0 Å². The molecule has 0 aliphatic carbocycles. The number of carbonyl (C=O) groups is 1. The summed E-state index contributed by atoms with van der Waals surface area (Å²) < 4.78 is 46.0. The third-order valence-corrected chi connectivity index (χ3v) is 5.10. The van der Waals surface area contributed by atoms with Gasteiger partial charge in [-0.2, -0.15) is 13.2 Å². The van der Waals surface area contributed by atoms with Gasteiger partial charge in [0.1, 0.15) is 17.1 Å². The lowest BCUT2D eigenvalue weighted by Crippen LogP contribution is -2.50. The molecule has 7 nitrogen and oxygen atoms in total. The number of hydrogen-bond acceptors (Lipinski definition) is 5. The number of carbonyl (C=O) groups excluding carboxylic acids is 1. The van der Waals surface area contributed by atoms with Gasteiger partial charge in [-0.15, -0.1) is 0 Å². The molecule has 2 aromatic heterocycles. The van der Waals surface area contributed by atoms with Crippen LogP contribution in [0, 0.1) is 0 Å². The number of alkyl halides is 3. The summed E-state index contributed by atoms with van der Waals surface area (Å²) in [5, 5.41) is 0. The summed E-state index contributed by atoms with van der Waals surface area (Å²) in [5.41, 5.74) is 0.328. The predicted molar refractivity (Wildman–Crippen MR) is 113 cm³/mol. The molecule has 1 aliphatic heterocycles. The Morgan fingerprint density at radius 3 is 2.28 bits per heavy atom. The maximum Gasteiger partial charge on any atom is 0.416 e. The number of halogens is 3. The lowest BCUT2D eigenvalue weighted by atomic mass is 10.1. The molecular formula is C22H24F3N5O2. The summed E-state index contributed by atoms with van der Waals surface area (Å²) in [4.78, 5) is 25.0. The quantitative estimate of drug-likeness (QED) is 0.580. The summed E-state index contributed by atoms with van der Waals surface area (Å²) in [7, 11) is 0. The van der Waals surface area contributed by atoms with Gasteiger partial charge in [-0.25, -0.2) is 14.8 Å². The second-order valence-corrected chi connectivity index (χ2v) is 8.64. The van der Waals surface area contributed by atoms with Crippen molar-refractivity contribution >= 4 is 17.6 Å². The highest BCUT2D eigenvalue weighted by molar-refractivity contribution is 5.75. The van der Waals surface area contributed by atoms with Crippen molar-refractivity contribution in [2.24, 2.45) is 0 Å². The van der Waals surface area contributed by atoms with Crippen molar-refractivity contribution in [1.82, 2.24) is 19.3 Å². The molecule has 0 atom stereocenters. The second-order valence-electron chi connectivity index (χ2n) is 8.64. The smallest absolute Gasteiger partial charge is 0.416 e. The fraction of sp³-hybridized carbons (Fsp3) is 0.409. The van der Waals surface area contributed by atoms with E-state index < -0.39 is 17.3 Å². The molecule has 0 N–H and O–H groups in total. The highest BCUT2D eigenvalue weighted by atomic mass is 19.4. The molecule has 0 spiro atoms. The van der Waals surface area contributed by atoms with Crippen molar-refractivity contribution < 1.29 is 22.7 Å². The Morgan fingerprint density at radius 1 is 1.03 bits per heavy atom. The SMILES string of the molecule is CC(C)(C)OC(=O)N1CCN(c2cn3ccnc3c(-c3ccc(C(F)(F)F)cc3)n2)CC1. The molecule has 32 heavy (non-hydrogen) atoms. The third-order valence-electron chi connectivity index (χ3n) is 5.10. The zero-order chi connectivity index (χ0) is 23.1. The molecule has 10 heteroatoms. The van der Waals surface area contributed by atoms with Crippen LogP contribution in [-0.2, 0) is 10.9 Å². The molecule has 0 saturated carbocycles. The maximum absolute atomic E-state index is 12.9. The van der Waals surface area contributed by atoms with Gasteiger partial charge in [-0.3, -0.25) is 0 Å². The van der Waals surface area contributed by atoms with E-state index in [1.54, 1.807) is 21.7 Å². The first-order valence-electron chi connectivity index (χ1n) is 10.3. The molecule has 170 valence electrons. The average molecular weight is 447 g/mol. The number of rotatable bonds is 2. The van der Waals surface area contributed by atoms with Gasteiger partial charge in [0.15, 0.2) is 5.65 Å². The molecule has 1 fully saturated rings. The van der Waals surface area contributed by atoms with Crippen molar-refractivity contribution in [3.05, 3.63) is 48.4 Å². The Labute approximate surface area is 183 Å². The summed E-state index contributed by atoms with van der Waals surface area (Å²) in [6, 6.07) is 4.90. The molecule has 1 amide bonds. The molecule has 3 heterocycles. The lowest BCUT2D eigenvalue weighted by molar-refractivity contribution is -0.137. The monoisotopic (exact) mass is 447 g/mol. The predicted octanol–water partition coefficient (Wildman–Crippen LogP) is 4.47. The average Bonchev–Trinajstić information content (AvgIpc) is 3.20. The van der Waals surface area contributed by atoms with Gasteiger partial charge < -0.3 is 18.9 Å². The standard InChI is InChI=1S/C22H24F3N5O2/c1-21(2,3)32-20(31)29-12-10-28(11-13-29)17-14-30-9-8-26-19(30)18(27-17)15-4-6-16(7-5-15)22(23,24)25/h4-9,14H,10-13H2,1-3H3. The minimum atomic E-state index is -4.40. The number of hydrogen-bond donors (Lipinski definition) is 0. The summed E-state index contributed by atoms with van der Waals surface area (Å²) in [6.45, 7) is 7.55. The van der Waals surface area contributed by atoms with E-state index in [-0.39, 0.29) is 6.09 Å². The highest BCUT2D eigenvalue weighted by Crippen LogP contribution is 2.32. The molecule has 1 saturated heterocycles. The van der Waals surface area contributed by atoms with Gasteiger partial charge in [0.2, 0.25) is 0 Å². The minimum Gasteiger partial charge on any atom is -0.444 e. The third kappa shape index (κ3) is 4.63. The number of amides is 1. The molecule has 1 aromatic carbocycles. The fourth-order valence-electron chi connectivity index (χ4n) is 3.53. The largest absolute Gasteiger partial charge is 0.444 e. The number of benzene rings is 1. The summed E-state index contributed by atoms with van der Waals surface area (Å²) in [6.07, 6.45) is 0.476. The number of nitrogens with zero attached hydrogens (tertiary/aromatic N) is 5. The Kier molecular flexibility index (Phi) is 5.47. The van der Waals surface area contributed by atoms with Gasteiger partial charge >= 0.3 is 12.3 Å². The van der Waals surface area contributed by atoms with Crippen molar-refractivity contribution in [3.63, 3.8) is 0 Å². The zero-order valence-electron chi connectivity index (χ0n) is 18.1. The molecule has 0 bridgehead atoms. The van der Waals surface area contributed by atoms with Crippen molar-refractivity contribution in [3.8, 4) is 11.3 Å². The van der Waals surface area contributed by atoms with E-state index in [0.717, 1.165) is 12.1 Å². The van der Waals surface area contributed by atoms with Gasteiger partial charge in [-0.1, -0.05) is 12.1 Å². The Hall–Kier alpha value is -3.30. The van der Waals surface area contributed by atoms with E-state index in [2.05, 4.69) is 4.98 Å². The first kappa shape index (κ1) is 21.9. The van der Waals surface area contributed by atoms with Crippen LogP contribution >= 0.6 is 0 Å². The van der Waals surface area contributed by atoms with Crippen molar-refractivity contribution in [2.75, 3.05) is 31.1 Å². The zero-order valence-corrected chi connectivity index (χ0v) is 18.1. The number of fused-ring (bicyclic) bond motifs is 1. The number of piperazine rings is 1. The fourth-order valence-corrected chi connectivity index (χ4v) is 3.53. The summed E-state index contributed by atoms with van der Waals surface area (Å²) in [5.74, 6) is 0.661. The Balaban J connectivity index is 1.57. The molecule has 0 unspecified atom stereocenters. The molecule has 4 rings (SSSR count). The van der Waals surface area contributed by atoms with E-state index in [0.29, 0.717) is 48.9 Å². The highest BCUT2D eigenvalue weighted by Gasteiger charge is 2.30. The van der Waals surface area contributed by atoms with Crippen molar-refractivity contribution in [1.29, 1.82) is 0 Å². The van der Waals surface area contributed by atoms with Gasteiger partial charge in [0, 0.05) is 44.1 Å². The Bertz CT molecular complexity index is 1110.